The molecule has 3 N–H and O–H groups in total. The van der Waals surface area contributed by atoms with Gasteiger partial charge in [0.2, 0.25) is 0 Å². The topological polar surface area (TPSA) is 102 Å². The fourth-order valence-electron chi connectivity index (χ4n) is 2.73. The molecule has 0 bridgehead atoms. The Hall–Kier alpha value is -3.00. The van der Waals surface area contributed by atoms with Gasteiger partial charge in [-0.05, 0) is 5.56 Å². The molecule has 7 nitrogen and oxygen atoms in total. The van der Waals surface area contributed by atoms with Crippen LogP contribution in [0.4, 0.5) is 5.82 Å². The normalized spacial score (nSPS) is 16.5. The molecule has 2 aromatic heterocycles. The average Bonchev–Trinajstić information content (AvgIpc) is 3.28. The highest BCUT2D eigenvalue weighted by Gasteiger charge is 2.24. The predicted octanol–water partition coefficient (Wildman–Crippen LogP) is 2.40. The summed E-state index contributed by atoms with van der Waals surface area (Å²) in [6.07, 6.45) is 1.69. The van der Waals surface area contributed by atoms with Crippen molar-refractivity contribution in [1.29, 1.82) is 0 Å². The minimum Gasteiger partial charge on any atom is -0.390 e. The van der Waals surface area contributed by atoms with Crippen molar-refractivity contribution in [2.75, 3.05) is 11.9 Å². The van der Waals surface area contributed by atoms with E-state index in [4.69, 9.17) is 10.6 Å². The van der Waals surface area contributed by atoms with Gasteiger partial charge in [0.1, 0.15) is 22.7 Å². The van der Waals surface area contributed by atoms with Gasteiger partial charge in [0.25, 0.3) is 5.91 Å². The Labute approximate surface area is 147 Å². The van der Waals surface area contributed by atoms with E-state index < -0.39 is 5.91 Å². The number of nitrogens with one attached hydrogen (secondary N) is 1. The third-order valence-electron chi connectivity index (χ3n) is 3.97. The summed E-state index contributed by atoms with van der Waals surface area (Å²) in [6.45, 7) is 0.469. The lowest BCUT2D eigenvalue weighted by atomic mass is 10.1. The lowest BCUT2D eigenvalue weighted by Gasteiger charge is -2.11. The quantitative estimate of drug-likeness (QED) is 0.733. The number of rotatable bonds is 5. The van der Waals surface area contributed by atoms with E-state index in [2.05, 4.69) is 38.0 Å². The molecule has 1 amide bonds. The number of fused-ring (bicyclic) bond motifs is 1. The van der Waals surface area contributed by atoms with Crippen molar-refractivity contribution in [1.82, 2.24) is 9.97 Å². The minimum atomic E-state index is -0.545. The molecule has 0 saturated carbocycles. The van der Waals surface area contributed by atoms with Crippen LogP contribution in [0.2, 0.25) is 0 Å². The van der Waals surface area contributed by atoms with Crippen molar-refractivity contribution in [2.45, 2.75) is 12.5 Å². The Kier molecular flexibility index (Phi) is 4.02. The minimum absolute atomic E-state index is 0.244. The largest absolute Gasteiger partial charge is 0.390 e. The van der Waals surface area contributed by atoms with Crippen molar-refractivity contribution in [3.8, 4) is 11.1 Å². The Bertz CT molecular complexity index is 954. The molecule has 3 heterocycles. The Morgan fingerprint density at radius 3 is 2.92 bits per heavy atom. The van der Waals surface area contributed by atoms with Crippen LogP contribution in [-0.2, 0) is 9.63 Å². The number of oxime groups is 1. The second-order valence-electron chi connectivity index (χ2n) is 5.63. The van der Waals surface area contributed by atoms with Gasteiger partial charge in [-0.15, -0.1) is 11.3 Å². The number of aromatic nitrogens is 2. The molecule has 1 unspecified atom stereocenters. The number of amides is 1. The van der Waals surface area contributed by atoms with E-state index in [-0.39, 0.29) is 11.8 Å². The van der Waals surface area contributed by atoms with Crippen LogP contribution >= 0.6 is 11.3 Å². The molecule has 1 aliphatic rings. The van der Waals surface area contributed by atoms with Gasteiger partial charge in [0, 0.05) is 17.4 Å². The summed E-state index contributed by atoms with van der Waals surface area (Å²) in [6, 6.07) is 10.1. The molecular weight excluding hydrogens is 338 g/mol. The van der Waals surface area contributed by atoms with Gasteiger partial charge in [0.05, 0.1) is 11.9 Å². The average molecular weight is 353 g/mol. The number of thiophene rings is 1. The maximum absolute atomic E-state index is 11.1. The smallest absolute Gasteiger partial charge is 0.266 e. The lowest BCUT2D eigenvalue weighted by Crippen LogP contribution is -2.26. The van der Waals surface area contributed by atoms with E-state index in [0.717, 1.165) is 27.2 Å². The maximum atomic E-state index is 11.1. The van der Waals surface area contributed by atoms with Gasteiger partial charge in [-0.1, -0.05) is 35.5 Å². The van der Waals surface area contributed by atoms with E-state index in [1.54, 1.807) is 11.3 Å². The Morgan fingerprint density at radius 1 is 1.32 bits per heavy atom. The molecule has 0 aliphatic carbocycles. The first-order valence-corrected chi connectivity index (χ1v) is 8.64. The number of benzene rings is 1. The summed E-state index contributed by atoms with van der Waals surface area (Å²) < 4.78 is 0. The summed E-state index contributed by atoms with van der Waals surface area (Å²) in [4.78, 5) is 26.0. The van der Waals surface area contributed by atoms with Crippen LogP contribution < -0.4 is 11.1 Å². The zero-order chi connectivity index (χ0) is 17.2. The van der Waals surface area contributed by atoms with Crippen LogP contribution in [0.5, 0.6) is 0 Å². The van der Waals surface area contributed by atoms with Gasteiger partial charge < -0.3 is 15.9 Å². The van der Waals surface area contributed by atoms with E-state index in [9.17, 15) is 4.79 Å². The third kappa shape index (κ3) is 3.03. The van der Waals surface area contributed by atoms with Crippen molar-refractivity contribution >= 4 is 39.0 Å². The zero-order valence-corrected chi connectivity index (χ0v) is 14.0. The fourth-order valence-corrected chi connectivity index (χ4v) is 3.65. The second-order valence-corrected chi connectivity index (χ2v) is 6.49. The van der Waals surface area contributed by atoms with Crippen LogP contribution in [0, 0.1) is 0 Å². The molecule has 8 heteroatoms. The number of nitrogens with two attached hydrogens (primary N) is 1. The van der Waals surface area contributed by atoms with E-state index in [0.29, 0.717) is 13.0 Å². The molecule has 3 aromatic rings. The molecule has 0 radical (unpaired) electrons. The first kappa shape index (κ1) is 15.5. The molecule has 25 heavy (non-hydrogen) atoms. The summed E-state index contributed by atoms with van der Waals surface area (Å²) >= 11 is 1.58. The SMILES string of the molecule is NC(=O)C1=NOC(CNc2ncnc3scc(-c4ccccc4)c23)C1. The van der Waals surface area contributed by atoms with E-state index in [1.807, 2.05) is 18.2 Å². The molecule has 1 atom stereocenters. The summed E-state index contributed by atoms with van der Waals surface area (Å²) in [7, 11) is 0. The molecule has 0 fully saturated rings. The van der Waals surface area contributed by atoms with Crippen molar-refractivity contribution in [3.63, 3.8) is 0 Å². The van der Waals surface area contributed by atoms with Gasteiger partial charge in [-0.2, -0.15) is 0 Å². The maximum Gasteiger partial charge on any atom is 0.266 e. The van der Waals surface area contributed by atoms with E-state index >= 15 is 0 Å². The van der Waals surface area contributed by atoms with Gasteiger partial charge in [-0.3, -0.25) is 4.79 Å². The highest BCUT2D eigenvalue weighted by atomic mass is 32.1. The highest BCUT2D eigenvalue weighted by molar-refractivity contribution is 7.17. The van der Waals surface area contributed by atoms with Crippen molar-refractivity contribution in [2.24, 2.45) is 10.9 Å². The summed E-state index contributed by atoms with van der Waals surface area (Å²) in [5, 5.41) is 10.1. The van der Waals surface area contributed by atoms with Gasteiger partial charge >= 0.3 is 0 Å². The van der Waals surface area contributed by atoms with Crippen molar-refractivity contribution in [3.05, 3.63) is 42.0 Å². The highest BCUT2D eigenvalue weighted by Crippen LogP contribution is 2.36. The number of hydrogen-bond acceptors (Lipinski definition) is 7. The van der Waals surface area contributed by atoms with Crippen LogP contribution in [0.15, 0.2) is 47.2 Å². The Balaban J connectivity index is 1.58. The number of hydrogen-bond donors (Lipinski definition) is 2. The first-order valence-electron chi connectivity index (χ1n) is 7.76. The zero-order valence-electron chi connectivity index (χ0n) is 13.2. The van der Waals surface area contributed by atoms with Crippen LogP contribution in [0.3, 0.4) is 0 Å². The van der Waals surface area contributed by atoms with Gasteiger partial charge in [0.15, 0.2) is 6.10 Å². The number of anilines is 1. The monoisotopic (exact) mass is 353 g/mol. The fraction of sp³-hybridized carbons (Fsp3) is 0.176. The summed E-state index contributed by atoms with van der Waals surface area (Å²) in [5.41, 5.74) is 7.69. The first-order chi connectivity index (χ1) is 12.2. The van der Waals surface area contributed by atoms with Crippen LogP contribution in [-0.4, -0.2) is 34.2 Å². The standard InChI is InChI=1S/C17H15N5O2S/c18-15(23)13-6-11(24-22-13)7-19-16-14-12(10-4-2-1-3-5-10)8-25-17(14)21-9-20-16/h1-5,8-9,11H,6-7H2,(H2,18,23)(H,19,20,21). The second kappa shape index (κ2) is 6.48. The molecule has 0 spiro atoms. The molecule has 126 valence electrons. The molecule has 4 rings (SSSR count). The number of carbonyl (C=O) groups is 1. The third-order valence-corrected chi connectivity index (χ3v) is 4.86. The number of carbonyl (C=O) groups excluding carboxylic acids is 1. The Morgan fingerprint density at radius 2 is 2.16 bits per heavy atom. The van der Waals surface area contributed by atoms with Crippen molar-refractivity contribution < 1.29 is 9.63 Å². The van der Waals surface area contributed by atoms with E-state index in [1.165, 1.54) is 6.33 Å². The summed E-state index contributed by atoms with van der Waals surface area (Å²) in [5.74, 6) is 0.192. The predicted molar refractivity (Wildman–Crippen MR) is 97.5 cm³/mol. The molecule has 1 aliphatic heterocycles. The van der Waals surface area contributed by atoms with Crippen LogP contribution in [0.1, 0.15) is 6.42 Å². The van der Waals surface area contributed by atoms with Crippen LogP contribution in [0.25, 0.3) is 21.3 Å². The molecule has 0 saturated heterocycles. The lowest BCUT2D eigenvalue weighted by molar-refractivity contribution is -0.112. The molecule has 1 aromatic carbocycles. The van der Waals surface area contributed by atoms with Gasteiger partial charge in [-0.25, -0.2) is 9.97 Å². The number of nitrogens with zero attached hydrogens (tertiary/aromatic N) is 3. The molecular formula is C17H15N5O2S. The number of primary amides is 1.